The van der Waals surface area contributed by atoms with E-state index < -0.39 is 0 Å². The lowest BCUT2D eigenvalue weighted by molar-refractivity contribution is 1.26. The summed E-state index contributed by atoms with van der Waals surface area (Å²) in [5, 5.41) is 7.53. The van der Waals surface area contributed by atoms with Gasteiger partial charge in [-0.25, -0.2) is 0 Å². The minimum atomic E-state index is 1.13. The number of hydrogen-bond acceptors (Lipinski definition) is 2. The molecular weight excluding hydrogens is 677 g/mol. The zero-order valence-electron chi connectivity index (χ0n) is 31.5. The molecule has 0 spiro atoms. The van der Waals surface area contributed by atoms with Gasteiger partial charge in [0.1, 0.15) is 0 Å². The highest BCUT2D eigenvalue weighted by Crippen LogP contribution is 2.45. The van der Waals surface area contributed by atoms with Gasteiger partial charge in [-0.2, -0.15) is 0 Å². The molecule has 0 aromatic heterocycles. The third-order valence-electron chi connectivity index (χ3n) is 11.1. The number of rotatable bonds is 8. The predicted molar refractivity (Wildman–Crippen MR) is 240 cm³/mol. The summed E-state index contributed by atoms with van der Waals surface area (Å²) in [6.45, 7) is 4.44. The molecule has 10 aromatic carbocycles. The minimum absolute atomic E-state index is 1.13. The van der Waals surface area contributed by atoms with Crippen molar-refractivity contribution in [2.24, 2.45) is 0 Å². The Labute approximate surface area is 328 Å². The highest BCUT2D eigenvalue weighted by Gasteiger charge is 2.21. The number of anilines is 6. The van der Waals surface area contributed by atoms with Crippen molar-refractivity contribution in [3.8, 4) is 22.3 Å². The molecule has 2 nitrogen and oxygen atoms in total. The molecule has 0 radical (unpaired) electrons. The standard InChI is InChI=1S/C54H40N2/c1-37-31-41(39-15-7-3-8-16-39)27-29-51(37)55(47-19-11-5-12-20-47)49-33-43-23-25-45-35-50(36-46-26-24-44(34-49)53(43)54(45)46)56(48-21-13-6-14-22-48)52-30-28-42(32-38(52)2)40-17-9-4-10-18-40/h3-36H,1-2H3. The summed E-state index contributed by atoms with van der Waals surface area (Å²) in [6.07, 6.45) is 0. The molecule has 0 saturated carbocycles. The van der Waals surface area contributed by atoms with Crippen LogP contribution in [-0.2, 0) is 0 Å². The molecule has 0 heterocycles. The summed E-state index contributed by atoms with van der Waals surface area (Å²) >= 11 is 0. The van der Waals surface area contributed by atoms with E-state index in [9.17, 15) is 0 Å². The van der Waals surface area contributed by atoms with Crippen molar-refractivity contribution in [1.82, 2.24) is 0 Å². The fourth-order valence-electron chi connectivity index (χ4n) is 8.50. The van der Waals surface area contributed by atoms with Crippen molar-refractivity contribution < 1.29 is 0 Å². The Bertz CT molecular complexity index is 2700. The van der Waals surface area contributed by atoms with Crippen molar-refractivity contribution in [3.05, 3.63) is 217 Å². The quantitative estimate of drug-likeness (QED) is 0.144. The molecule has 2 heteroatoms. The second-order valence-electron chi connectivity index (χ2n) is 14.7. The Kier molecular flexibility index (Phi) is 8.30. The molecule has 0 aliphatic heterocycles. The highest BCUT2D eigenvalue weighted by molar-refractivity contribution is 6.24. The largest absolute Gasteiger partial charge is 0.310 e. The molecule has 0 N–H and O–H groups in total. The van der Waals surface area contributed by atoms with E-state index in [1.54, 1.807) is 0 Å². The average Bonchev–Trinajstić information content (AvgIpc) is 3.25. The average molecular weight is 717 g/mol. The van der Waals surface area contributed by atoms with Crippen LogP contribution < -0.4 is 9.80 Å². The van der Waals surface area contributed by atoms with Crippen LogP contribution in [0.25, 0.3) is 54.6 Å². The van der Waals surface area contributed by atoms with Gasteiger partial charge >= 0.3 is 0 Å². The van der Waals surface area contributed by atoms with E-state index in [2.05, 4.69) is 230 Å². The van der Waals surface area contributed by atoms with Gasteiger partial charge in [0.2, 0.25) is 0 Å². The maximum atomic E-state index is 2.40. The van der Waals surface area contributed by atoms with Crippen molar-refractivity contribution in [3.63, 3.8) is 0 Å². The summed E-state index contributed by atoms with van der Waals surface area (Å²) in [5.74, 6) is 0. The van der Waals surface area contributed by atoms with E-state index in [1.165, 1.54) is 77.1 Å². The zero-order chi connectivity index (χ0) is 37.6. The molecule has 10 rings (SSSR count). The van der Waals surface area contributed by atoms with Crippen molar-refractivity contribution >= 4 is 66.4 Å². The van der Waals surface area contributed by atoms with Gasteiger partial charge in [0.25, 0.3) is 0 Å². The van der Waals surface area contributed by atoms with Crippen LogP contribution in [0.2, 0.25) is 0 Å². The van der Waals surface area contributed by atoms with E-state index in [0.717, 1.165) is 22.7 Å². The predicted octanol–water partition coefficient (Wildman–Crippen LogP) is 15.5. The Morgan fingerprint density at radius 1 is 0.268 bits per heavy atom. The van der Waals surface area contributed by atoms with Crippen molar-refractivity contribution in [2.75, 3.05) is 9.80 Å². The highest BCUT2D eigenvalue weighted by atomic mass is 15.1. The molecule has 0 fully saturated rings. The second kappa shape index (κ2) is 13.9. The third-order valence-corrected chi connectivity index (χ3v) is 11.1. The van der Waals surface area contributed by atoms with Gasteiger partial charge in [0.05, 0.1) is 0 Å². The first-order chi connectivity index (χ1) is 27.6. The second-order valence-corrected chi connectivity index (χ2v) is 14.7. The van der Waals surface area contributed by atoms with Crippen LogP contribution in [0.4, 0.5) is 34.1 Å². The topological polar surface area (TPSA) is 6.48 Å². The van der Waals surface area contributed by atoms with Crippen molar-refractivity contribution in [2.45, 2.75) is 13.8 Å². The Balaban J connectivity index is 1.10. The van der Waals surface area contributed by atoms with Gasteiger partial charge in [-0.05, 0) is 152 Å². The summed E-state index contributed by atoms with van der Waals surface area (Å²) in [7, 11) is 0. The van der Waals surface area contributed by atoms with Gasteiger partial charge < -0.3 is 9.80 Å². The normalized spacial score (nSPS) is 11.4. The van der Waals surface area contributed by atoms with Gasteiger partial charge in [-0.15, -0.1) is 0 Å². The lowest BCUT2D eigenvalue weighted by Crippen LogP contribution is -2.12. The number of nitrogens with zero attached hydrogens (tertiary/aromatic N) is 2. The SMILES string of the molecule is Cc1cc(-c2ccccc2)ccc1N(c1ccccc1)c1cc2ccc3cc(N(c4ccccc4)c4ccc(-c5ccccc5)cc4C)cc4ccc(c1)c2c34. The van der Waals surface area contributed by atoms with Gasteiger partial charge in [0.15, 0.2) is 0 Å². The number of benzene rings is 10. The molecule has 0 saturated heterocycles. The molecular formula is C54H40N2. The van der Waals surface area contributed by atoms with Crippen LogP contribution in [-0.4, -0.2) is 0 Å². The Hall–Kier alpha value is -7.16. The van der Waals surface area contributed by atoms with E-state index in [-0.39, 0.29) is 0 Å². The van der Waals surface area contributed by atoms with Gasteiger partial charge in [0, 0.05) is 34.1 Å². The molecule has 0 unspecified atom stereocenters. The molecule has 0 atom stereocenters. The molecule has 0 aliphatic carbocycles. The van der Waals surface area contributed by atoms with Crippen LogP contribution in [0.5, 0.6) is 0 Å². The maximum absolute atomic E-state index is 2.40. The minimum Gasteiger partial charge on any atom is -0.310 e. The zero-order valence-corrected chi connectivity index (χ0v) is 31.5. The number of hydrogen-bond donors (Lipinski definition) is 0. The molecule has 0 bridgehead atoms. The van der Waals surface area contributed by atoms with Crippen LogP contribution in [0.1, 0.15) is 11.1 Å². The third kappa shape index (κ3) is 5.93. The van der Waals surface area contributed by atoms with Gasteiger partial charge in [-0.1, -0.05) is 133 Å². The van der Waals surface area contributed by atoms with E-state index in [0.29, 0.717) is 0 Å². The molecule has 56 heavy (non-hydrogen) atoms. The van der Waals surface area contributed by atoms with Crippen LogP contribution >= 0.6 is 0 Å². The van der Waals surface area contributed by atoms with E-state index in [4.69, 9.17) is 0 Å². The van der Waals surface area contributed by atoms with E-state index >= 15 is 0 Å². The van der Waals surface area contributed by atoms with Gasteiger partial charge in [-0.3, -0.25) is 0 Å². The lowest BCUT2D eigenvalue weighted by Gasteiger charge is -2.29. The number of aryl methyl sites for hydroxylation is 2. The Morgan fingerprint density at radius 2 is 0.589 bits per heavy atom. The maximum Gasteiger partial charge on any atom is 0.0491 e. The molecule has 0 amide bonds. The van der Waals surface area contributed by atoms with Crippen LogP contribution in [0.15, 0.2) is 206 Å². The first-order valence-corrected chi connectivity index (χ1v) is 19.3. The first-order valence-electron chi connectivity index (χ1n) is 19.3. The smallest absolute Gasteiger partial charge is 0.0491 e. The monoisotopic (exact) mass is 716 g/mol. The summed E-state index contributed by atoms with van der Waals surface area (Å²) in [4.78, 5) is 4.81. The van der Waals surface area contributed by atoms with Crippen LogP contribution in [0, 0.1) is 13.8 Å². The van der Waals surface area contributed by atoms with Crippen molar-refractivity contribution in [1.29, 1.82) is 0 Å². The molecule has 0 aliphatic rings. The summed E-state index contributed by atoms with van der Waals surface area (Å²) < 4.78 is 0. The number of para-hydroxylation sites is 2. The Morgan fingerprint density at radius 3 is 0.911 bits per heavy atom. The lowest BCUT2D eigenvalue weighted by atomic mass is 9.92. The first kappa shape index (κ1) is 33.4. The fourth-order valence-corrected chi connectivity index (χ4v) is 8.50. The fraction of sp³-hybridized carbons (Fsp3) is 0.0370. The summed E-state index contributed by atoms with van der Waals surface area (Å²) in [5.41, 5.74) is 14.2. The van der Waals surface area contributed by atoms with Crippen LogP contribution in [0.3, 0.4) is 0 Å². The van der Waals surface area contributed by atoms with E-state index in [1.807, 2.05) is 0 Å². The molecule has 266 valence electrons. The summed E-state index contributed by atoms with van der Waals surface area (Å²) in [6, 6.07) is 75.0. The molecule has 10 aromatic rings.